The molecule has 2 rings (SSSR count). The Morgan fingerprint density at radius 3 is 2.32 bits per heavy atom. The third-order valence-corrected chi connectivity index (χ3v) is 6.44. The fraction of sp³-hybridized carbons (Fsp3) is 0.417. The molecule has 0 bridgehead atoms. The van der Waals surface area contributed by atoms with Crippen LogP contribution in [0, 0.1) is 5.82 Å². The molecule has 0 aliphatic carbocycles. The van der Waals surface area contributed by atoms with Crippen LogP contribution < -0.4 is 14.4 Å². The number of methoxy groups -OCH3 is 1. The SMILES string of the molecule is CCCCNC(=O)[C@H](C)N(Cc1ccc(OC)cc1)C(=O)CN(c1ccccc1F)S(C)(=O)=O. The lowest BCUT2D eigenvalue weighted by atomic mass is 10.1. The number of amides is 2. The first-order chi connectivity index (χ1) is 16.1. The molecule has 0 saturated carbocycles. The summed E-state index contributed by atoms with van der Waals surface area (Å²) in [5.41, 5.74) is 0.488. The largest absolute Gasteiger partial charge is 0.497 e. The van der Waals surface area contributed by atoms with Crippen molar-refractivity contribution in [2.75, 3.05) is 30.8 Å². The molecule has 1 atom stereocenters. The molecule has 0 saturated heterocycles. The number of nitrogens with one attached hydrogen (secondary N) is 1. The predicted molar refractivity (Wildman–Crippen MR) is 130 cm³/mol. The number of anilines is 1. The van der Waals surface area contributed by atoms with Gasteiger partial charge < -0.3 is 15.0 Å². The number of carbonyl (C=O) groups excluding carboxylic acids is 2. The zero-order valence-corrected chi connectivity index (χ0v) is 20.8. The molecule has 0 spiro atoms. The van der Waals surface area contributed by atoms with Crippen molar-refractivity contribution in [3.05, 3.63) is 59.9 Å². The van der Waals surface area contributed by atoms with Gasteiger partial charge in [-0.25, -0.2) is 12.8 Å². The quantitative estimate of drug-likeness (QED) is 0.459. The topological polar surface area (TPSA) is 96.0 Å². The second-order valence-corrected chi connectivity index (χ2v) is 9.82. The molecule has 0 heterocycles. The summed E-state index contributed by atoms with van der Waals surface area (Å²) in [5.74, 6) is -1.13. The fourth-order valence-electron chi connectivity index (χ4n) is 3.30. The minimum Gasteiger partial charge on any atom is -0.497 e. The first-order valence-corrected chi connectivity index (χ1v) is 12.9. The summed E-state index contributed by atoms with van der Waals surface area (Å²) in [6.45, 7) is 3.45. The Balaban J connectivity index is 2.35. The molecule has 0 fully saturated rings. The van der Waals surface area contributed by atoms with E-state index in [0.717, 1.165) is 30.7 Å². The maximum absolute atomic E-state index is 14.4. The van der Waals surface area contributed by atoms with Crippen molar-refractivity contribution < 1.29 is 27.1 Å². The molecule has 8 nitrogen and oxygen atoms in total. The van der Waals surface area contributed by atoms with Gasteiger partial charge in [0.2, 0.25) is 21.8 Å². The Bertz CT molecular complexity index is 1080. The van der Waals surface area contributed by atoms with Crippen LogP contribution in [0.3, 0.4) is 0 Å². The average Bonchev–Trinajstić information content (AvgIpc) is 2.80. The molecule has 0 aliphatic rings. The highest BCUT2D eigenvalue weighted by atomic mass is 32.2. The molecule has 0 aliphatic heterocycles. The van der Waals surface area contributed by atoms with Gasteiger partial charge in [0, 0.05) is 13.1 Å². The van der Waals surface area contributed by atoms with Crippen molar-refractivity contribution in [2.24, 2.45) is 0 Å². The number of hydrogen-bond acceptors (Lipinski definition) is 5. The van der Waals surface area contributed by atoms with Crippen LogP contribution in [0.2, 0.25) is 0 Å². The van der Waals surface area contributed by atoms with Crippen LogP contribution in [0.5, 0.6) is 5.75 Å². The van der Waals surface area contributed by atoms with E-state index in [1.54, 1.807) is 31.2 Å². The van der Waals surface area contributed by atoms with Gasteiger partial charge >= 0.3 is 0 Å². The van der Waals surface area contributed by atoms with Gasteiger partial charge in [0.05, 0.1) is 19.1 Å². The smallest absolute Gasteiger partial charge is 0.244 e. The lowest BCUT2D eigenvalue weighted by Crippen LogP contribution is -2.51. The van der Waals surface area contributed by atoms with Gasteiger partial charge in [-0.2, -0.15) is 0 Å². The first-order valence-electron chi connectivity index (χ1n) is 11.0. The molecular weight excluding hydrogens is 461 g/mol. The van der Waals surface area contributed by atoms with E-state index in [0.29, 0.717) is 16.6 Å². The first kappa shape index (κ1) is 27.1. The van der Waals surface area contributed by atoms with Crippen LogP contribution in [-0.4, -0.2) is 57.6 Å². The summed E-state index contributed by atoms with van der Waals surface area (Å²) in [6, 6.07) is 11.4. The van der Waals surface area contributed by atoms with Gasteiger partial charge in [-0.05, 0) is 43.2 Å². The summed E-state index contributed by atoms with van der Waals surface area (Å²) in [6.07, 6.45) is 2.59. The van der Waals surface area contributed by atoms with E-state index in [1.165, 1.54) is 30.2 Å². The monoisotopic (exact) mass is 493 g/mol. The zero-order valence-electron chi connectivity index (χ0n) is 20.0. The van der Waals surface area contributed by atoms with Gasteiger partial charge in [0.15, 0.2) is 0 Å². The lowest BCUT2D eigenvalue weighted by molar-refractivity contribution is -0.139. The third kappa shape index (κ3) is 7.44. The molecule has 1 N–H and O–H groups in total. The Morgan fingerprint density at radius 2 is 1.76 bits per heavy atom. The number of para-hydroxylation sites is 1. The fourth-order valence-corrected chi connectivity index (χ4v) is 4.15. The maximum Gasteiger partial charge on any atom is 0.244 e. The molecule has 186 valence electrons. The molecule has 2 aromatic rings. The Hall–Kier alpha value is -3.14. The van der Waals surface area contributed by atoms with Gasteiger partial charge in [0.1, 0.15) is 24.2 Å². The van der Waals surface area contributed by atoms with Crippen molar-refractivity contribution in [3.63, 3.8) is 0 Å². The highest BCUT2D eigenvalue weighted by Gasteiger charge is 2.30. The van der Waals surface area contributed by atoms with Crippen LogP contribution >= 0.6 is 0 Å². The number of hydrogen-bond donors (Lipinski definition) is 1. The van der Waals surface area contributed by atoms with E-state index in [4.69, 9.17) is 4.74 Å². The molecule has 2 aromatic carbocycles. The summed E-state index contributed by atoms with van der Waals surface area (Å²) >= 11 is 0. The lowest BCUT2D eigenvalue weighted by Gasteiger charge is -2.31. The van der Waals surface area contributed by atoms with Crippen molar-refractivity contribution in [1.29, 1.82) is 0 Å². The number of benzene rings is 2. The second kappa shape index (κ2) is 12.4. The third-order valence-electron chi connectivity index (χ3n) is 5.31. The van der Waals surface area contributed by atoms with E-state index >= 15 is 0 Å². The minimum absolute atomic E-state index is 0.0556. The molecule has 10 heteroatoms. The normalized spacial score (nSPS) is 12.0. The molecule has 0 unspecified atom stereocenters. The van der Waals surface area contributed by atoms with Crippen LogP contribution in [0.1, 0.15) is 32.3 Å². The standard InChI is InChI=1S/C24H32FN3O5S/c1-5-6-15-26-24(30)18(2)27(16-19-11-13-20(33-3)14-12-19)23(29)17-28(34(4,31)32)22-10-8-7-9-21(22)25/h7-14,18H,5-6,15-17H2,1-4H3,(H,26,30)/t18-/m0/s1. The maximum atomic E-state index is 14.4. The molecule has 2 amide bonds. The van der Waals surface area contributed by atoms with E-state index in [1.807, 2.05) is 6.92 Å². The summed E-state index contributed by atoms with van der Waals surface area (Å²) < 4.78 is 45.2. The minimum atomic E-state index is -3.99. The number of halogens is 1. The van der Waals surface area contributed by atoms with Crippen LogP contribution in [0.25, 0.3) is 0 Å². The molecule has 0 radical (unpaired) electrons. The number of ether oxygens (including phenoxy) is 1. The van der Waals surface area contributed by atoms with Gasteiger partial charge in [-0.15, -0.1) is 0 Å². The number of carbonyl (C=O) groups is 2. The summed E-state index contributed by atoms with van der Waals surface area (Å²) in [4.78, 5) is 27.4. The van der Waals surface area contributed by atoms with Crippen molar-refractivity contribution in [1.82, 2.24) is 10.2 Å². The highest BCUT2D eigenvalue weighted by molar-refractivity contribution is 7.92. The summed E-state index contributed by atoms with van der Waals surface area (Å²) in [5, 5.41) is 2.80. The highest BCUT2D eigenvalue weighted by Crippen LogP contribution is 2.22. The molecule has 0 aromatic heterocycles. The summed E-state index contributed by atoms with van der Waals surface area (Å²) in [7, 11) is -2.45. The van der Waals surface area contributed by atoms with E-state index in [-0.39, 0.29) is 18.1 Å². The Kier molecular flexibility index (Phi) is 9.85. The average molecular weight is 494 g/mol. The predicted octanol–water partition coefficient (Wildman–Crippen LogP) is 2.93. The van der Waals surface area contributed by atoms with Crippen LogP contribution in [0.4, 0.5) is 10.1 Å². The van der Waals surface area contributed by atoms with E-state index < -0.39 is 34.3 Å². The van der Waals surface area contributed by atoms with Crippen molar-refractivity contribution >= 4 is 27.5 Å². The van der Waals surface area contributed by atoms with Crippen molar-refractivity contribution in [2.45, 2.75) is 39.3 Å². The number of unbranched alkanes of at least 4 members (excludes halogenated alkanes) is 1. The van der Waals surface area contributed by atoms with Gasteiger partial charge in [-0.1, -0.05) is 37.6 Å². The number of rotatable bonds is 12. The number of nitrogens with zero attached hydrogens (tertiary/aromatic N) is 2. The number of sulfonamides is 1. The molecule has 34 heavy (non-hydrogen) atoms. The molecular formula is C24H32FN3O5S. The van der Waals surface area contributed by atoms with Crippen molar-refractivity contribution in [3.8, 4) is 5.75 Å². The van der Waals surface area contributed by atoms with E-state index in [9.17, 15) is 22.4 Å². The second-order valence-electron chi connectivity index (χ2n) is 7.91. The van der Waals surface area contributed by atoms with Crippen LogP contribution in [-0.2, 0) is 26.2 Å². The zero-order chi connectivity index (χ0) is 25.3. The van der Waals surface area contributed by atoms with Crippen LogP contribution in [0.15, 0.2) is 48.5 Å². The Morgan fingerprint density at radius 1 is 1.12 bits per heavy atom. The van der Waals surface area contributed by atoms with E-state index in [2.05, 4.69) is 5.32 Å². The Labute approximate surface area is 200 Å². The van der Waals surface area contributed by atoms with Gasteiger partial charge in [-0.3, -0.25) is 13.9 Å². The van der Waals surface area contributed by atoms with Gasteiger partial charge in [0.25, 0.3) is 0 Å².